The van der Waals surface area contributed by atoms with Crippen molar-refractivity contribution in [2.75, 3.05) is 0 Å². The first-order valence-corrected chi connectivity index (χ1v) is 4.01. The van der Waals surface area contributed by atoms with Crippen LogP contribution in [0.5, 0.6) is 0 Å². The molecule has 74 valence electrons. The van der Waals surface area contributed by atoms with Gasteiger partial charge in [-0.15, -0.1) is 0 Å². The van der Waals surface area contributed by atoms with Crippen LogP contribution in [0.2, 0.25) is 0 Å². The maximum Gasteiger partial charge on any atom is 0.312 e. The van der Waals surface area contributed by atoms with Crippen LogP contribution >= 0.6 is 0 Å². The lowest BCUT2D eigenvalue weighted by Crippen LogP contribution is -2.28. The van der Waals surface area contributed by atoms with Crippen molar-refractivity contribution in [2.24, 2.45) is 11.5 Å². The number of carbonyl (C=O) groups is 2. The quantitative estimate of drug-likeness (QED) is 0.627. The van der Waals surface area contributed by atoms with E-state index in [-0.39, 0.29) is 0 Å². The second-order valence-corrected chi connectivity index (χ2v) is 2.78. The van der Waals surface area contributed by atoms with Crippen molar-refractivity contribution < 1.29 is 9.59 Å². The molecule has 0 bridgehead atoms. The van der Waals surface area contributed by atoms with Crippen LogP contribution in [0.4, 0.5) is 4.79 Å². The van der Waals surface area contributed by atoms with Gasteiger partial charge in [0.05, 0.1) is 0 Å². The number of benzene rings is 1. The Balaban J connectivity index is 2.64. The number of carbonyl (C=O) groups excluding carboxylic acids is 2. The highest BCUT2D eigenvalue weighted by Gasteiger charge is 1.99. The van der Waals surface area contributed by atoms with E-state index in [0.717, 1.165) is 5.56 Å². The van der Waals surface area contributed by atoms with Gasteiger partial charge in [0.1, 0.15) is 0 Å². The summed E-state index contributed by atoms with van der Waals surface area (Å²) in [6.07, 6.45) is 0. The van der Waals surface area contributed by atoms with Gasteiger partial charge in [0.15, 0.2) is 0 Å². The van der Waals surface area contributed by atoms with Gasteiger partial charge < -0.3 is 16.8 Å². The summed E-state index contributed by atoms with van der Waals surface area (Å²) in [5, 5.41) is 2.43. The molecule has 3 amide bonds. The van der Waals surface area contributed by atoms with E-state index in [1.54, 1.807) is 24.3 Å². The van der Waals surface area contributed by atoms with E-state index in [0.29, 0.717) is 12.1 Å². The van der Waals surface area contributed by atoms with E-state index in [1.165, 1.54) is 0 Å². The molecule has 0 saturated heterocycles. The first kappa shape index (κ1) is 10.0. The van der Waals surface area contributed by atoms with Crippen LogP contribution in [0.15, 0.2) is 24.3 Å². The Morgan fingerprint density at radius 3 is 2.14 bits per heavy atom. The molecule has 1 rings (SSSR count). The number of primary amides is 2. The third kappa shape index (κ3) is 2.78. The topological polar surface area (TPSA) is 98.2 Å². The zero-order chi connectivity index (χ0) is 10.6. The Kier molecular flexibility index (Phi) is 3.06. The van der Waals surface area contributed by atoms with Crippen LogP contribution in [-0.2, 0) is 6.54 Å². The summed E-state index contributed by atoms with van der Waals surface area (Å²) in [4.78, 5) is 21.1. The van der Waals surface area contributed by atoms with Gasteiger partial charge in [0.25, 0.3) is 0 Å². The maximum absolute atomic E-state index is 10.7. The molecule has 0 aromatic heterocycles. The summed E-state index contributed by atoms with van der Waals surface area (Å²) in [5.74, 6) is -0.473. The third-order valence-electron chi connectivity index (χ3n) is 1.71. The molecule has 0 unspecified atom stereocenters. The van der Waals surface area contributed by atoms with E-state index in [2.05, 4.69) is 5.32 Å². The Hall–Kier alpha value is -2.04. The van der Waals surface area contributed by atoms with Crippen LogP contribution in [0.1, 0.15) is 15.9 Å². The number of hydrogen-bond donors (Lipinski definition) is 3. The Morgan fingerprint density at radius 2 is 1.71 bits per heavy atom. The van der Waals surface area contributed by atoms with Gasteiger partial charge in [-0.1, -0.05) is 12.1 Å². The lowest BCUT2D eigenvalue weighted by atomic mass is 10.1. The minimum absolute atomic E-state index is 0.342. The average Bonchev–Trinajstić information content (AvgIpc) is 2.15. The molecule has 1 aromatic rings. The number of urea groups is 1. The van der Waals surface area contributed by atoms with Crippen molar-refractivity contribution in [3.8, 4) is 0 Å². The Bertz CT molecular complexity index is 346. The number of rotatable bonds is 3. The molecule has 1 aromatic carbocycles. The van der Waals surface area contributed by atoms with Gasteiger partial charge in [0.2, 0.25) is 5.91 Å². The van der Waals surface area contributed by atoms with Crippen LogP contribution < -0.4 is 16.8 Å². The van der Waals surface area contributed by atoms with Gasteiger partial charge in [-0.25, -0.2) is 4.79 Å². The summed E-state index contributed by atoms with van der Waals surface area (Å²) < 4.78 is 0. The average molecular weight is 193 g/mol. The van der Waals surface area contributed by atoms with Crippen molar-refractivity contribution in [1.82, 2.24) is 5.32 Å². The molecule has 5 heteroatoms. The molecule has 5 nitrogen and oxygen atoms in total. The van der Waals surface area contributed by atoms with Crippen LogP contribution in [-0.4, -0.2) is 11.9 Å². The van der Waals surface area contributed by atoms with E-state index in [1.807, 2.05) is 0 Å². The highest BCUT2D eigenvalue weighted by molar-refractivity contribution is 5.92. The summed E-state index contributed by atoms with van der Waals surface area (Å²) in [7, 11) is 0. The predicted octanol–water partition coefficient (Wildman–Crippen LogP) is -0.0462. The van der Waals surface area contributed by atoms with Gasteiger partial charge in [0, 0.05) is 12.1 Å². The van der Waals surface area contributed by atoms with Crippen LogP contribution in [0, 0.1) is 0 Å². The van der Waals surface area contributed by atoms with Crippen molar-refractivity contribution in [3.63, 3.8) is 0 Å². The molecular formula is C9H11N3O2. The van der Waals surface area contributed by atoms with E-state index < -0.39 is 11.9 Å². The summed E-state index contributed by atoms with van der Waals surface area (Å²) in [6, 6.07) is 6.02. The van der Waals surface area contributed by atoms with E-state index >= 15 is 0 Å². The molecule has 5 N–H and O–H groups in total. The SMILES string of the molecule is NC(=O)NCc1ccc(C(N)=O)cc1. The highest BCUT2D eigenvalue weighted by Crippen LogP contribution is 2.03. The third-order valence-corrected chi connectivity index (χ3v) is 1.71. The fraction of sp³-hybridized carbons (Fsp3) is 0.111. The van der Waals surface area contributed by atoms with Crippen molar-refractivity contribution in [2.45, 2.75) is 6.54 Å². The maximum atomic E-state index is 10.7. The predicted molar refractivity (Wildman–Crippen MR) is 51.4 cm³/mol. The van der Waals surface area contributed by atoms with Gasteiger partial charge in [-0.05, 0) is 17.7 Å². The van der Waals surface area contributed by atoms with Gasteiger partial charge in [-0.2, -0.15) is 0 Å². The summed E-state index contributed by atoms with van der Waals surface area (Å²) in [6.45, 7) is 0.342. The normalized spacial score (nSPS) is 9.43. The van der Waals surface area contributed by atoms with Crippen molar-refractivity contribution in [3.05, 3.63) is 35.4 Å². The molecule has 0 fully saturated rings. The molecule has 0 atom stereocenters. The second-order valence-electron chi connectivity index (χ2n) is 2.78. The van der Waals surface area contributed by atoms with Crippen LogP contribution in [0.25, 0.3) is 0 Å². The Labute approximate surface area is 81.1 Å². The highest BCUT2D eigenvalue weighted by atomic mass is 16.2. The lowest BCUT2D eigenvalue weighted by molar-refractivity contribution is 0.1000. The van der Waals surface area contributed by atoms with E-state index in [9.17, 15) is 9.59 Å². The fourth-order valence-electron chi connectivity index (χ4n) is 0.976. The molecule has 0 spiro atoms. The summed E-state index contributed by atoms with van der Waals surface area (Å²) >= 11 is 0. The number of hydrogen-bond acceptors (Lipinski definition) is 2. The molecule has 0 aliphatic carbocycles. The fourth-order valence-corrected chi connectivity index (χ4v) is 0.976. The molecule has 0 saturated carbocycles. The van der Waals surface area contributed by atoms with Crippen molar-refractivity contribution in [1.29, 1.82) is 0 Å². The number of nitrogens with one attached hydrogen (secondary N) is 1. The smallest absolute Gasteiger partial charge is 0.312 e. The summed E-state index contributed by atoms with van der Waals surface area (Å²) in [5.41, 5.74) is 11.2. The molecular weight excluding hydrogens is 182 g/mol. The van der Waals surface area contributed by atoms with Crippen molar-refractivity contribution >= 4 is 11.9 Å². The monoisotopic (exact) mass is 193 g/mol. The Morgan fingerprint density at radius 1 is 1.14 bits per heavy atom. The minimum Gasteiger partial charge on any atom is -0.366 e. The molecule has 0 aliphatic heterocycles. The lowest BCUT2D eigenvalue weighted by Gasteiger charge is -2.02. The zero-order valence-corrected chi connectivity index (χ0v) is 7.49. The van der Waals surface area contributed by atoms with Gasteiger partial charge in [-0.3, -0.25) is 4.79 Å². The number of nitrogens with two attached hydrogens (primary N) is 2. The largest absolute Gasteiger partial charge is 0.366 e. The molecule has 0 aliphatic rings. The first-order valence-electron chi connectivity index (χ1n) is 4.01. The molecule has 0 radical (unpaired) electrons. The molecule has 0 heterocycles. The first-order chi connectivity index (χ1) is 6.59. The van der Waals surface area contributed by atoms with Crippen LogP contribution in [0.3, 0.4) is 0 Å². The van der Waals surface area contributed by atoms with Gasteiger partial charge >= 0.3 is 6.03 Å². The minimum atomic E-state index is -0.580. The van der Waals surface area contributed by atoms with E-state index in [4.69, 9.17) is 11.5 Å². The number of amides is 3. The zero-order valence-electron chi connectivity index (χ0n) is 7.49. The standard InChI is InChI=1S/C9H11N3O2/c10-8(13)7-3-1-6(2-4-7)5-12-9(11)14/h1-4H,5H2,(H2,10,13)(H3,11,12,14). The second kappa shape index (κ2) is 4.27. The molecule has 14 heavy (non-hydrogen) atoms.